The molecule has 7 nitrogen and oxygen atoms in total. The van der Waals surface area contributed by atoms with E-state index in [1.807, 2.05) is 20.2 Å². The second-order valence-electron chi connectivity index (χ2n) is 7.21. The van der Waals surface area contributed by atoms with E-state index in [0.29, 0.717) is 28.7 Å². The molecule has 0 unspecified atom stereocenters. The largest absolute Gasteiger partial charge is 0.369 e. The van der Waals surface area contributed by atoms with Crippen molar-refractivity contribution in [1.29, 1.82) is 0 Å². The molecule has 28 heavy (non-hydrogen) atoms. The normalized spacial score (nSPS) is 17.1. The van der Waals surface area contributed by atoms with Crippen molar-refractivity contribution < 1.29 is 4.39 Å². The second kappa shape index (κ2) is 6.49. The standard InChI is InChI=1S/C20H20FN7/c1-12-9-28-10-14(6-17(21)20(28)25-12)19-23-7-13-5-16(8-24-18(13)26-19)27-4-3-15(11-27)22-2/h5-10,15,22H,3-4,11H2,1-2H3/t15-/m0/s1. The van der Waals surface area contributed by atoms with E-state index in [1.54, 1.807) is 23.0 Å². The Kier molecular flexibility index (Phi) is 3.94. The van der Waals surface area contributed by atoms with Gasteiger partial charge in [0.25, 0.3) is 0 Å². The summed E-state index contributed by atoms with van der Waals surface area (Å²) in [6, 6.07) is 3.98. The second-order valence-corrected chi connectivity index (χ2v) is 7.21. The van der Waals surface area contributed by atoms with Crippen LogP contribution in [0.4, 0.5) is 10.1 Å². The number of nitrogens with one attached hydrogen (secondary N) is 1. The Morgan fingerprint density at radius 2 is 2.04 bits per heavy atom. The highest BCUT2D eigenvalue weighted by Crippen LogP contribution is 2.25. The van der Waals surface area contributed by atoms with Gasteiger partial charge in [-0.3, -0.25) is 0 Å². The summed E-state index contributed by atoms with van der Waals surface area (Å²) in [6.45, 7) is 3.80. The fraction of sp³-hybridized carbons (Fsp3) is 0.300. The number of aromatic nitrogens is 5. The van der Waals surface area contributed by atoms with Gasteiger partial charge in [-0.1, -0.05) is 0 Å². The molecular formula is C20H20FN7. The predicted molar refractivity (Wildman–Crippen MR) is 106 cm³/mol. The molecule has 5 rings (SSSR count). The number of nitrogens with zero attached hydrogens (tertiary/aromatic N) is 6. The summed E-state index contributed by atoms with van der Waals surface area (Å²) in [6.07, 6.45) is 8.28. The molecule has 1 aliphatic heterocycles. The minimum absolute atomic E-state index is 0.301. The summed E-state index contributed by atoms with van der Waals surface area (Å²) in [7, 11) is 1.99. The first-order valence-electron chi connectivity index (χ1n) is 9.31. The molecule has 0 bridgehead atoms. The molecule has 1 aliphatic rings. The van der Waals surface area contributed by atoms with Crippen molar-refractivity contribution in [2.75, 3.05) is 25.0 Å². The van der Waals surface area contributed by atoms with Crippen molar-refractivity contribution in [2.24, 2.45) is 0 Å². The van der Waals surface area contributed by atoms with Crippen molar-refractivity contribution in [3.63, 3.8) is 0 Å². The van der Waals surface area contributed by atoms with Gasteiger partial charge in [-0.15, -0.1) is 0 Å². The van der Waals surface area contributed by atoms with Crippen LogP contribution in [-0.4, -0.2) is 50.5 Å². The summed E-state index contributed by atoms with van der Waals surface area (Å²) in [5.41, 5.74) is 3.32. The Bertz CT molecular complexity index is 1190. The number of fused-ring (bicyclic) bond motifs is 2. The molecule has 8 heteroatoms. The van der Waals surface area contributed by atoms with Gasteiger partial charge >= 0.3 is 0 Å². The highest BCUT2D eigenvalue weighted by molar-refractivity contribution is 5.79. The van der Waals surface area contributed by atoms with Crippen LogP contribution in [0.1, 0.15) is 12.1 Å². The lowest BCUT2D eigenvalue weighted by Gasteiger charge is -2.18. The monoisotopic (exact) mass is 377 g/mol. The van der Waals surface area contributed by atoms with Crippen LogP contribution in [0.5, 0.6) is 0 Å². The third kappa shape index (κ3) is 2.86. The Balaban J connectivity index is 1.51. The van der Waals surface area contributed by atoms with Gasteiger partial charge in [0.05, 0.1) is 17.6 Å². The number of likely N-dealkylation sites (N-methyl/N-ethyl adjacent to an activating group) is 1. The van der Waals surface area contributed by atoms with Crippen molar-refractivity contribution in [3.8, 4) is 11.4 Å². The van der Waals surface area contributed by atoms with Crippen molar-refractivity contribution in [1.82, 2.24) is 29.7 Å². The third-order valence-corrected chi connectivity index (χ3v) is 5.27. The van der Waals surface area contributed by atoms with E-state index in [-0.39, 0.29) is 0 Å². The number of halogens is 1. The number of rotatable bonds is 3. The average Bonchev–Trinajstić information content (AvgIpc) is 3.33. The summed E-state index contributed by atoms with van der Waals surface area (Å²) in [5, 5.41) is 4.19. The van der Waals surface area contributed by atoms with E-state index in [4.69, 9.17) is 0 Å². The zero-order valence-electron chi connectivity index (χ0n) is 15.7. The molecule has 1 fully saturated rings. The number of hydrogen-bond donors (Lipinski definition) is 1. The number of anilines is 1. The first-order valence-corrected chi connectivity index (χ1v) is 9.31. The van der Waals surface area contributed by atoms with Gasteiger partial charge in [0, 0.05) is 48.7 Å². The molecule has 142 valence electrons. The summed E-state index contributed by atoms with van der Waals surface area (Å²) in [5.74, 6) is 0.0436. The van der Waals surface area contributed by atoms with Crippen LogP contribution >= 0.6 is 0 Å². The summed E-state index contributed by atoms with van der Waals surface area (Å²) >= 11 is 0. The number of imidazole rings is 1. The zero-order chi connectivity index (χ0) is 19.3. The summed E-state index contributed by atoms with van der Waals surface area (Å²) < 4.78 is 16.0. The Labute approximate surface area is 161 Å². The topological polar surface area (TPSA) is 71.2 Å². The van der Waals surface area contributed by atoms with Gasteiger partial charge in [0.15, 0.2) is 22.9 Å². The molecule has 1 atom stereocenters. The van der Waals surface area contributed by atoms with Crippen LogP contribution in [0.15, 0.2) is 36.9 Å². The molecule has 4 aromatic rings. The van der Waals surface area contributed by atoms with Gasteiger partial charge in [0.2, 0.25) is 0 Å². The Hall–Kier alpha value is -3.13. The molecule has 5 heterocycles. The highest BCUT2D eigenvalue weighted by atomic mass is 19.1. The van der Waals surface area contributed by atoms with E-state index in [9.17, 15) is 4.39 Å². The van der Waals surface area contributed by atoms with Gasteiger partial charge in [-0.2, -0.15) is 0 Å². The molecule has 0 spiro atoms. The fourth-order valence-corrected chi connectivity index (χ4v) is 3.76. The molecule has 0 aromatic carbocycles. The van der Waals surface area contributed by atoms with Crippen LogP contribution in [-0.2, 0) is 0 Å². The SMILES string of the molecule is CN[C@H]1CCN(c2cnc3nc(-c4cc(F)c5nc(C)cn5c4)ncc3c2)C1. The smallest absolute Gasteiger partial charge is 0.173 e. The minimum atomic E-state index is -0.397. The van der Waals surface area contributed by atoms with Crippen LogP contribution in [0, 0.1) is 12.7 Å². The van der Waals surface area contributed by atoms with Crippen LogP contribution in [0.25, 0.3) is 28.1 Å². The fourth-order valence-electron chi connectivity index (χ4n) is 3.76. The van der Waals surface area contributed by atoms with E-state index in [1.165, 1.54) is 6.07 Å². The quantitative estimate of drug-likeness (QED) is 0.592. The van der Waals surface area contributed by atoms with E-state index in [0.717, 1.165) is 36.3 Å². The number of aryl methyl sites for hydroxylation is 1. The van der Waals surface area contributed by atoms with Crippen molar-refractivity contribution in [3.05, 3.63) is 48.4 Å². The molecule has 0 saturated carbocycles. The van der Waals surface area contributed by atoms with Gasteiger partial charge in [-0.05, 0) is 32.5 Å². The lowest BCUT2D eigenvalue weighted by atomic mass is 10.2. The van der Waals surface area contributed by atoms with Gasteiger partial charge < -0.3 is 14.6 Å². The zero-order valence-corrected chi connectivity index (χ0v) is 15.7. The van der Waals surface area contributed by atoms with E-state index >= 15 is 0 Å². The van der Waals surface area contributed by atoms with E-state index < -0.39 is 5.82 Å². The minimum Gasteiger partial charge on any atom is -0.369 e. The maximum Gasteiger partial charge on any atom is 0.173 e. The van der Waals surface area contributed by atoms with Crippen LogP contribution in [0.3, 0.4) is 0 Å². The van der Waals surface area contributed by atoms with E-state index in [2.05, 4.69) is 36.2 Å². The molecule has 0 aliphatic carbocycles. The van der Waals surface area contributed by atoms with Crippen molar-refractivity contribution >= 4 is 22.4 Å². The molecule has 0 radical (unpaired) electrons. The van der Waals surface area contributed by atoms with Crippen molar-refractivity contribution in [2.45, 2.75) is 19.4 Å². The van der Waals surface area contributed by atoms with Gasteiger partial charge in [0.1, 0.15) is 0 Å². The predicted octanol–water partition coefficient (Wildman–Crippen LogP) is 2.59. The maximum atomic E-state index is 14.4. The first kappa shape index (κ1) is 17.0. The summed E-state index contributed by atoms with van der Waals surface area (Å²) in [4.78, 5) is 20.0. The van der Waals surface area contributed by atoms with Gasteiger partial charge in [-0.25, -0.2) is 24.3 Å². The molecule has 0 amide bonds. The number of hydrogen-bond acceptors (Lipinski definition) is 6. The lowest BCUT2D eigenvalue weighted by Crippen LogP contribution is -2.29. The maximum absolute atomic E-state index is 14.4. The molecule has 4 aromatic heterocycles. The first-order chi connectivity index (χ1) is 13.6. The lowest BCUT2D eigenvalue weighted by molar-refractivity contribution is 0.617. The molecule has 1 N–H and O–H groups in total. The highest BCUT2D eigenvalue weighted by Gasteiger charge is 2.21. The Morgan fingerprint density at radius 1 is 1.14 bits per heavy atom. The average molecular weight is 377 g/mol. The molecular weight excluding hydrogens is 357 g/mol. The third-order valence-electron chi connectivity index (χ3n) is 5.27. The number of pyridine rings is 2. The van der Waals surface area contributed by atoms with Crippen LogP contribution in [0.2, 0.25) is 0 Å². The molecule has 1 saturated heterocycles. The Morgan fingerprint density at radius 3 is 2.86 bits per heavy atom. The van der Waals surface area contributed by atoms with Crippen LogP contribution < -0.4 is 10.2 Å².